The summed E-state index contributed by atoms with van der Waals surface area (Å²) in [7, 11) is 0. The van der Waals surface area contributed by atoms with Gasteiger partial charge in [0.2, 0.25) is 0 Å². The highest BCUT2D eigenvalue weighted by molar-refractivity contribution is 5.81. The molecule has 2 aromatic rings. The van der Waals surface area contributed by atoms with Gasteiger partial charge >= 0.3 is 0 Å². The Morgan fingerprint density at radius 2 is 2.05 bits per heavy atom. The van der Waals surface area contributed by atoms with Crippen LogP contribution < -0.4 is 4.74 Å². The minimum Gasteiger partial charge on any atom is -0.508 e. The summed E-state index contributed by atoms with van der Waals surface area (Å²) >= 11 is 0. The van der Waals surface area contributed by atoms with Gasteiger partial charge in [-0.1, -0.05) is 12.1 Å². The van der Waals surface area contributed by atoms with Gasteiger partial charge in [-0.25, -0.2) is 0 Å². The molecule has 3 rings (SSSR count). The van der Waals surface area contributed by atoms with Crippen LogP contribution in [0.3, 0.4) is 0 Å². The lowest BCUT2D eigenvalue weighted by atomic mass is 9.94. The highest BCUT2D eigenvalue weighted by atomic mass is 16.5. The minimum absolute atomic E-state index is 0.168. The van der Waals surface area contributed by atoms with E-state index in [1.807, 2.05) is 12.1 Å². The number of hydrogen-bond acceptors (Lipinski definition) is 3. The van der Waals surface area contributed by atoms with Crippen LogP contribution >= 0.6 is 0 Å². The predicted molar refractivity (Wildman–Crippen MR) is 73.4 cm³/mol. The van der Waals surface area contributed by atoms with E-state index in [2.05, 4.69) is 6.58 Å². The Bertz CT molecular complexity index is 659. The van der Waals surface area contributed by atoms with E-state index in [4.69, 9.17) is 4.74 Å². The van der Waals surface area contributed by atoms with E-state index < -0.39 is 0 Å². The molecule has 19 heavy (non-hydrogen) atoms. The summed E-state index contributed by atoms with van der Waals surface area (Å²) in [6, 6.07) is 8.71. The first-order valence-corrected chi connectivity index (χ1v) is 6.11. The second kappa shape index (κ2) is 4.35. The normalized spacial score (nSPS) is 12.2. The first kappa shape index (κ1) is 11.7. The molecule has 0 fully saturated rings. The third-order valence-corrected chi connectivity index (χ3v) is 3.27. The number of rotatable bonds is 2. The number of phenols is 2. The van der Waals surface area contributed by atoms with Crippen molar-refractivity contribution < 1.29 is 14.9 Å². The molecule has 0 saturated heterocycles. The Hall–Kier alpha value is -2.42. The molecule has 0 unspecified atom stereocenters. The number of fused-ring (bicyclic) bond motifs is 3. The molecule has 3 nitrogen and oxygen atoms in total. The summed E-state index contributed by atoms with van der Waals surface area (Å²) in [6.07, 6.45) is 2.46. The smallest absolute Gasteiger partial charge is 0.131 e. The van der Waals surface area contributed by atoms with Crippen molar-refractivity contribution in [2.75, 3.05) is 0 Å². The van der Waals surface area contributed by atoms with Gasteiger partial charge in [-0.3, -0.25) is 0 Å². The van der Waals surface area contributed by atoms with Gasteiger partial charge < -0.3 is 14.9 Å². The van der Waals surface area contributed by atoms with E-state index in [0.29, 0.717) is 24.3 Å². The maximum absolute atomic E-state index is 10.2. The largest absolute Gasteiger partial charge is 0.508 e. The van der Waals surface area contributed by atoms with Crippen molar-refractivity contribution in [3.8, 4) is 28.4 Å². The Balaban J connectivity index is 2.20. The number of hydrogen-bond donors (Lipinski definition) is 2. The molecule has 0 radical (unpaired) electrons. The molecule has 0 bridgehead atoms. The molecule has 1 aliphatic rings. The molecular weight excluding hydrogens is 240 g/mol. The molecule has 0 atom stereocenters. The van der Waals surface area contributed by atoms with Crippen LogP contribution in [0, 0.1) is 0 Å². The van der Waals surface area contributed by atoms with E-state index in [1.54, 1.807) is 24.3 Å². The number of benzene rings is 2. The highest BCUT2D eigenvalue weighted by Crippen LogP contribution is 2.45. The highest BCUT2D eigenvalue weighted by Gasteiger charge is 2.21. The first-order chi connectivity index (χ1) is 9.19. The molecule has 1 aliphatic heterocycles. The monoisotopic (exact) mass is 254 g/mol. The van der Waals surface area contributed by atoms with Gasteiger partial charge in [0.05, 0.1) is 5.56 Å². The van der Waals surface area contributed by atoms with Gasteiger partial charge in [-0.05, 0) is 47.4 Å². The fraction of sp³-hybridized carbons (Fsp3) is 0.125. The van der Waals surface area contributed by atoms with Crippen molar-refractivity contribution in [3.05, 3.63) is 54.1 Å². The quantitative estimate of drug-likeness (QED) is 0.808. The maximum atomic E-state index is 10.2. The van der Waals surface area contributed by atoms with Crippen molar-refractivity contribution >= 4 is 0 Å². The van der Waals surface area contributed by atoms with Crippen molar-refractivity contribution in [1.82, 2.24) is 0 Å². The zero-order valence-electron chi connectivity index (χ0n) is 10.4. The fourth-order valence-corrected chi connectivity index (χ4v) is 2.40. The summed E-state index contributed by atoms with van der Waals surface area (Å²) in [6.45, 7) is 4.13. The van der Waals surface area contributed by atoms with Crippen LogP contribution in [-0.2, 0) is 13.0 Å². The number of allylic oxidation sites excluding steroid dienone is 1. The average Bonchev–Trinajstić information content (AvgIpc) is 2.38. The Morgan fingerprint density at radius 3 is 2.84 bits per heavy atom. The third-order valence-electron chi connectivity index (χ3n) is 3.27. The van der Waals surface area contributed by atoms with Crippen molar-refractivity contribution in [2.24, 2.45) is 0 Å². The summed E-state index contributed by atoms with van der Waals surface area (Å²) < 4.78 is 5.68. The Morgan fingerprint density at radius 1 is 1.21 bits per heavy atom. The number of aromatic hydroxyl groups is 2. The van der Waals surface area contributed by atoms with Gasteiger partial charge in [0.15, 0.2) is 0 Å². The van der Waals surface area contributed by atoms with E-state index >= 15 is 0 Å². The molecule has 3 heteroatoms. The lowest BCUT2D eigenvalue weighted by molar-refractivity contribution is 0.299. The summed E-state index contributed by atoms with van der Waals surface area (Å²) in [5, 5.41) is 19.8. The van der Waals surface area contributed by atoms with Crippen LogP contribution in [0.1, 0.15) is 11.1 Å². The maximum Gasteiger partial charge on any atom is 0.131 e. The third kappa shape index (κ3) is 1.93. The predicted octanol–water partition coefficient (Wildman–Crippen LogP) is 3.39. The molecule has 0 aliphatic carbocycles. The van der Waals surface area contributed by atoms with Gasteiger partial charge in [0, 0.05) is 0 Å². The Kier molecular flexibility index (Phi) is 2.67. The van der Waals surface area contributed by atoms with Crippen LogP contribution in [0.15, 0.2) is 43.0 Å². The molecular formula is C16H14O3. The molecule has 96 valence electrons. The van der Waals surface area contributed by atoms with Gasteiger partial charge in [-0.2, -0.15) is 0 Å². The van der Waals surface area contributed by atoms with E-state index in [-0.39, 0.29) is 11.5 Å². The van der Waals surface area contributed by atoms with E-state index in [1.165, 1.54) is 0 Å². The zero-order valence-corrected chi connectivity index (χ0v) is 10.4. The van der Waals surface area contributed by atoms with Crippen LogP contribution in [0.5, 0.6) is 17.2 Å². The van der Waals surface area contributed by atoms with Crippen LogP contribution in [0.2, 0.25) is 0 Å². The number of phenolic OH excluding ortho intramolecular Hbond substituents is 2. The first-order valence-electron chi connectivity index (χ1n) is 6.11. The van der Waals surface area contributed by atoms with E-state index in [0.717, 1.165) is 16.7 Å². The van der Waals surface area contributed by atoms with Gasteiger partial charge in [-0.15, -0.1) is 6.58 Å². The second-order valence-corrected chi connectivity index (χ2v) is 4.61. The summed E-state index contributed by atoms with van der Waals surface area (Å²) in [4.78, 5) is 0. The zero-order chi connectivity index (χ0) is 13.4. The number of ether oxygens (including phenoxy) is 1. The standard InChI is InChI=1S/C16H14O3/c1-2-3-10-6-14(18)16-13-8-12(17)5-4-11(13)9-19-15(16)7-10/h2,4-8,17-18H,1,3,9H2. The van der Waals surface area contributed by atoms with Crippen LogP contribution in [0.4, 0.5) is 0 Å². The molecule has 0 aromatic heterocycles. The second-order valence-electron chi connectivity index (χ2n) is 4.61. The summed E-state index contributed by atoms with van der Waals surface area (Å²) in [5.74, 6) is 0.997. The van der Waals surface area contributed by atoms with Crippen LogP contribution in [0.25, 0.3) is 11.1 Å². The molecule has 2 aromatic carbocycles. The van der Waals surface area contributed by atoms with E-state index in [9.17, 15) is 10.2 Å². The summed E-state index contributed by atoms with van der Waals surface area (Å²) in [5.41, 5.74) is 3.38. The topological polar surface area (TPSA) is 49.7 Å². The van der Waals surface area contributed by atoms with Gasteiger partial charge in [0.1, 0.15) is 23.9 Å². The lowest BCUT2D eigenvalue weighted by Gasteiger charge is -2.22. The lowest BCUT2D eigenvalue weighted by Crippen LogP contribution is -2.06. The molecule has 0 saturated carbocycles. The van der Waals surface area contributed by atoms with Crippen molar-refractivity contribution in [1.29, 1.82) is 0 Å². The SMILES string of the molecule is C=CCc1cc(O)c2c(c1)OCc1ccc(O)cc1-2. The Labute approximate surface area is 111 Å². The molecule has 0 amide bonds. The molecule has 1 heterocycles. The minimum atomic E-state index is 0.168. The fourth-order valence-electron chi connectivity index (χ4n) is 2.40. The molecule has 2 N–H and O–H groups in total. The average molecular weight is 254 g/mol. The van der Waals surface area contributed by atoms with Gasteiger partial charge in [0.25, 0.3) is 0 Å². The molecule has 0 spiro atoms. The van der Waals surface area contributed by atoms with Crippen molar-refractivity contribution in [2.45, 2.75) is 13.0 Å². The van der Waals surface area contributed by atoms with Crippen molar-refractivity contribution in [3.63, 3.8) is 0 Å². The van der Waals surface area contributed by atoms with Crippen LogP contribution in [-0.4, -0.2) is 10.2 Å².